The number of nitrogens with one attached hydrogen (secondary N) is 1. The van der Waals surface area contributed by atoms with Crippen molar-refractivity contribution in [3.63, 3.8) is 0 Å². The van der Waals surface area contributed by atoms with Gasteiger partial charge in [-0.2, -0.15) is 0 Å². The number of nitro groups is 1. The van der Waals surface area contributed by atoms with Gasteiger partial charge in [0, 0.05) is 30.7 Å². The standard InChI is InChI=1S/C13H12ClN3O2/c1-9-4-5-15-7-10(9)8-16-11-2-3-12(14)13(6-11)17(18)19/h2-7,16H,8H2,1H3. The van der Waals surface area contributed by atoms with E-state index < -0.39 is 4.92 Å². The zero-order valence-corrected chi connectivity index (χ0v) is 11.0. The number of rotatable bonds is 4. The van der Waals surface area contributed by atoms with E-state index in [9.17, 15) is 10.1 Å². The quantitative estimate of drug-likeness (QED) is 0.685. The van der Waals surface area contributed by atoms with Crippen molar-refractivity contribution in [3.05, 3.63) is 62.9 Å². The zero-order chi connectivity index (χ0) is 13.8. The lowest BCUT2D eigenvalue weighted by atomic mass is 10.1. The van der Waals surface area contributed by atoms with E-state index in [1.54, 1.807) is 18.5 Å². The lowest BCUT2D eigenvalue weighted by Gasteiger charge is -2.08. The van der Waals surface area contributed by atoms with Crippen LogP contribution in [0.15, 0.2) is 36.7 Å². The maximum atomic E-state index is 10.8. The summed E-state index contributed by atoms with van der Waals surface area (Å²) in [5, 5.41) is 14.0. The first-order valence-corrected chi connectivity index (χ1v) is 6.03. The van der Waals surface area contributed by atoms with Gasteiger partial charge in [0.1, 0.15) is 5.02 Å². The third-order valence-corrected chi connectivity index (χ3v) is 3.09. The molecule has 98 valence electrons. The minimum Gasteiger partial charge on any atom is -0.381 e. The van der Waals surface area contributed by atoms with Gasteiger partial charge in [0.15, 0.2) is 0 Å². The van der Waals surface area contributed by atoms with Crippen molar-refractivity contribution in [2.45, 2.75) is 13.5 Å². The van der Waals surface area contributed by atoms with Crippen LogP contribution < -0.4 is 5.32 Å². The van der Waals surface area contributed by atoms with Gasteiger partial charge in [-0.25, -0.2) is 0 Å². The number of aromatic nitrogens is 1. The molecule has 0 saturated heterocycles. The highest BCUT2D eigenvalue weighted by atomic mass is 35.5. The van der Waals surface area contributed by atoms with Crippen molar-refractivity contribution in [1.82, 2.24) is 4.98 Å². The SMILES string of the molecule is Cc1ccncc1CNc1ccc(Cl)c([N+](=O)[O-])c1. The van der Waals surface area contributed by atoms with E-state index in [0.29, 0.717) is 12.2 Å². The number of halogens is 1. The van der Waals surface area contributed by atoms with Crippen LogP contribution in [0.4, 0.5) is 11.4 Å². The molecule has 19 heavy (non-hydrogen) atoms. The molecule has 0 spiro atoms. The highest BCUT2D eigenvalue weighted by Crippen LogP contribution is 2.27. The summed E-state index contributed by atoms with van der Waals surface area (Å²) in [5.74, 6) is 0. The summed E-state index contributed by atoms with van der Waals surface area (Å²) in [5.41, 5.74) is 2.71. The molecule has 1 N–H and O–H groups in total. The van der Waals surface area contributed by atoms with Crippen molar-refractivity contribution >= 4 is 23.0 Å². The monoisotopic (exact) mass is 277 g/mol. The molecule has 2 aromatic rings. The predicted octanol–water partition coefficient (Wildman–Crippen LogP) is 3.56. The molecule has 0 saturated carbocycles. The van der Waals surface area contributed by atoms with Crippen LogP contribution in [-0.4, -0.2) is 9.91 Å². The van der Waals surface area contributed by atoms with Gasteiger partial charge in [-0.05, 0) is 36.2 Å². The molecule has 0 fully saturated rings. The van der Waals surface area contributed by atoms with Crippen molar-refractivity contribution in [2.75, 3.05) is 5.32 Å². The van der Waals surface area contributed by atoms with Gasteiger partial charge in [-0.3, -0.25) is 15.1 Å². The molecule has 0 aliphatic carbocycles. The Hall–Kier alpha value is -2.14. The zero-order valence-electron chi connectivity index (χ0n) is 10.3. The molecule has 0 amide bonds. The molecule has 1 aromatic heterocycles. The van der Waals surface area contributed by atoms with Crippen molar-refractivity contribution in [1.29, 1.82) is 0 Å². The molecule has 0 unspecified atom stereocenters. The first-order valence-electron chi connectivity index (χ1n) is 5.65. The first kappa shape index (κ1) is 13.3. The van der Waals surface area contributed by atoms with E-state index in [0.717, 1.165) is 11.1 Å². The summed E-state index contributed by atoms with van der Waals surface area (Å²) in [7, 11) is 0. The number of hydrogen-bond acceptors (Lipinski definition) is 4. The van der Waals surface area contributed by atoms with Gasteiger partial charge in [0.05, 0.1) is 4.92 Å². The number of aryl methyl sites for hydroxylation is 1. The van der Waals surface area contributed by atoms with E-state index in [1.165, 1.54) is 12.1 Å². The largest absolute Gasteiger partial charge is 0.381 e. The van der Waals surface area contributed by atoms with Crippen LogP contribution in [0.5, 0.6) is 0 Å². The maximum absolute atomic E-state index is 10.8. The van der Waals surface area contributed by atoms with Crippen LogP contribution in [0.1, 0.15) is 11.1 Å². The van der Waals surface area contributed by atoms with Crippen molar-refractivity contribution in [3.8, 4) is 0 Å². The fourth-order valence-electron chi connectivity index (χ4n) is 1.64. The molecule has 5 nitrogen and oxygen atoms in total. The number of nitro benzene ring substituents is 1. The van der Waals surface area contributed by atoms with Gasteiger partial charge in [-0.1, -0.05) is 11.6 Å². The fourth-order valence-corrected chi connectivity index (χ4v) is 1.83. The smallest absolute Gasteiger partial charge is 0.289 e. The third-order valence-electron chi connectivity index (χ3n) is 2.77. The second kappa shape index (κ2) is 5.67. The summed E-state index contributed by atoms with van der Waals surface area (Å²) >= 11 is 5.75. The highest BCUT2D eigenvalue weighted by Gasteiger charge is 2.12. The van der Waals surface area contributed by atoms with E-state index in [4.69, 9.17) is 11.6 Å². The average molecular weight is 278 g/mol. The molecular formula is C13H12ClN3O2. The Morgan fingerprint density at radius 1 is 1.42 bits per heavy atom. The van der Waals surface area contributed by atoms with E-state index in [1.807, 2.05) is 13.0 Å². The normalized spacial score (nSPS) is 10.2. The minimum atomic E-state index is -0.497. The number of anilines is 1. The Balaban J connectivity index is 2.14. The lowest BCUT2D eigenvalue weighted by Crippen LogP contribution is -2.02. The van der Waals surface area contributed by atoms with Gasteiger partial charge in [0.2, 0.25) is 0 Å². The van der Waals surface area contributed by atoms with Gasteiger partial charge in [-0.15, -0.1) is 0 Å². The second-order valence-corrected chi connectivity index (χ2v) is 4.49. The van der Waals surface area contributed by atoms with Gasteiger partial charge in [0.25, 0.3) is 5.69 Å². The number of nitrogens with zero attached hydrogens (tertiary/aromatic N) is 2. The molecule has 2 rings (SSSR count). The summed E-state index contributed by atoms with van der Waals surface area (Å²) in [6.45, 7) is 2.54. The molecule has 6 heteroatoms. The number of pyridine rings is 1. The third kappa shape index (κ3) is 3.20. The second-order valence-electron chi connectivity index (χ2n) is 4.08. The van der Waals surface area contributed by atoms with Crippen LogP contribution in [0, 0.1) is 17.0 Å². The predicted molar refractivity (Wildman–Crippen MR) is 74.4 cm³/mol. The Morgan fingerprint density at radius 3 is 2.89 bits per heavy atom. The average Bonchev–Trinajstić information content (AvgIpc) is 2.39. The summed E-state index contributed by atoms with van der Waals surface area (Å²) in [6, 6.07) is 6.56. The summed E-state index contributed by atoms with van der Waals surface area (Å²) < 4.78 is 0. The topological polar surface area (TPSA) is 68.1 Å². The Labute approximate surface area is 115 Å². The van der Waals surface area contributed by atoms with E-state index in [2.05, 4.69) is 10.3 Å². The van der Waals surface area contributed by atoms with E-state index in [-0.39, 0.29) is 10.7 Å². The Bertz CT molecular complexity index is 617. The van der Waals surface area contributed by atoms with Crippen LogP contribution in [0.2, 0.25) is 5.02 Å². The molecule has 0 aliphatic heterocycles. The van der Waals surface area contributed by atoms with Crippen LogP contribution in [0.25, 0.3) is 0 Å². The molecule has 0 bridgehead atoms. The molecular weight excluding hydrogens is 266 g/mol. The Morgan fingerprint density at radius 2 is 2.21 bits per heavy atom. The number of hydrogen-bond donors (Lipinski definition) is 1. The van der Waals surface area contributed by atoms with Crippen LogP contribution >= 0.6 is 11.6 Å². The fraction of sp³-hybridized carbons (Fsp3) is 0.154. The molecule has 1 heterocycles. The molecule has 0 radical (unpaired) electrons. The molecule has 1 aromatic carbocycles. The maximum Gasteiger partial charge on any atom is 0.289 e. The van der Waals surface area contributed by atoms with Gasteiger partial charge < -0.3 is 5.32 Å². The van der Waals surface area contributed by atoms with E-state index >= 15 is 0 Å². The number of benzene rings is 1. The van der Waals surface area contributed by atoms with Crippen molar-refractivity contribution in [2.24, 2.45) is 0 Å². The van der Waals surface area contributed by atoms with Crippen LogP contribution in [0.3, 0.4) is 0 Å². The lowest BCUT2D eigenvalue weighted by molar-refractivity contribution is -0.384. The minimum absolute atomic E-state index is 0.102. The summed E-state index contributed by atoms with van der Waals surface area (Å²) in [6.07, 6.45) is 3.50. The first-order chi connectivity index (χ1) is 9.08. The van der Waals surface area contributed by atoms with Crippen molar-refractivity contribution < 1.29 is 4.92 Å². The highest BCUT2D eigenvalue weighted by molar-refractivity contribution is 6.32. The van der Waals surface area contributed by atoms with Crippen LogP contribution in [-0.2, 0) is 6.54 Å². The molecule has 0 aliphatic rings. The molecule has 0 atom stereocenters. The van der Waals surface area contributed by atoms with Gasteiger partial charge >= 0.3 is 0 Å². The summed E-state index contributed by atoms with van der Waals surface area (Å²) in [4.78, 5) is 14.3. The Kier molecular flexibility index (Phi) is 3.97.